The Labute approximate surface area is 153 Å². The molecule has 2 aromatic heterocycles. The van der Waals surface area contributed by atoms with E-state index in [9.17, 15) is 18.7 Å². The number of hydrogen-bond acceptors (Lipinski definition) is 4. The number of H-pyrrole nitrogens is 1. The first-order chi connectivity index (χ1) is 12.9. The van der Waals surface area contributed by atoms with Gasteiger partial charge in [0.2, 0.25) is 0 Å². The van der Waals surface area contributed by atoms with Crippen molar-refractivity contribution < 1.29 is 18.7 Å². The Hall–Kier alpha value is -3.00. The van der Waals surface area contributed by atoms with Crippen molar-refractivity contribution >= 4 is 28.2 Å². The van der Waals surface area contributed by atoms with Crippen LogP contribution in [0, 0.1) is 18.6 Å². The van der Waals surface area contributed by atoms with E-state index in [0.29, 0.717) is 18.4 Å². The molecule has 1 fully saturated rings. The molecule has 3 aromatic rings. The second kappa shape index (κ2) is 6.62. The van der Waals surface area contributed by atoms with Gasteiger partial charge in [0.15, 0.2) is 5.82 Å². The third-order valence-electron chi connectivity index (χ3n) is 4.72. The number of aromatic nitrogens is 2. The van der Waals surface area contributed by atoms with Gasteiger partial charge in [-0.2, -0.15) is 0 Å². The number of aryl methyl sites for hydroxylation is 1. The van der Waals surface area contributed by atoms with Crippen molar-refractivity contribution in [3.05, 3.63) is 53.5 Å². The van der Waals surface area contributed by atoms with Gasteiger partial charge in [0.25, 0.3) is 5.91 Å². The van der Waals surface area contributed by atoms with E-state index in [1.807, 2.05) is 0 Å². The van der Waals surface area contributed by atoms with Gasteiger partial charge >= 0.3 is 0 Å². The van der Waals surface area contributed by atoms with Gasteiger partial charge in [-0.1, -0.05) is 6.07 Å². The molecule has 0 saturated carbocycles. The Morgan fingerprint density at radius 1 is 1.33 bits per heavy atom. The van der Waals surface area contributed by atoms with E-state index < -0.39 is 23.6 Å². The molecule has 6 nitrogen and oxygen atoms in total. The topological polar surface area (TPSA) is 81.3 Å². The standard InChI is InChI=1S/C19H18F2N4O2/c1-10-2-3-15(13(20)6-10)23-17-12-7-22-8-14(21)16(12)24-18(17)19(27)25-5-4-11(26)9-25/h2-3,6-8,11,23-24,26H,4-5,9H2,1H3. The van der Waals surface area contributed by atoms with Gasteiger partial charge in [-0.15, -0.1) is 0 Å². The molecule has 1 amide bonds. The Bertz CT molecular complexity index is 1030. The molecule has 27 heavy (non-hydrogen) atoms. The van der Waals surface area contributed by atoms with Crippen LogP contribution in [0.5, 0.6) is 0 Å². The van der Waals surface area contributed by atoms with Crippen LogP contribution in [0.1, 0.15) is 22.5 Å². The van der Waals surface area contributed by atoms with Gasteiger partial charge in [-0.05, 0) is 31.0 Å². The number of nitrogens with zero attached hydrogens (tertiary/aromatic N) is 2. The summed E-state index contributed by atoms with van der Waals surface area (Å²) in [6.07, 6.45) is 2.36. The molecule has 1 atom stereocenters. The van der Waals surface area contributed by atoms with E-state index in [-0.39, 0.29) is 29.1 Å². The quantitative estimate of drug-likeness (QED) is 0.660. The summed E-state index contributed by atoms with van der Waals surface area (Å²) in [5.74, 6) is -1.48. The number of carbonyl (C=O) groups is 1. The first kappa shape index (κ1) is 17.4. The van der Waals surface area contributed by atoms with Gasteiger partial charge in [0, 0.05) is 24.7 Å². The fourth-order valence-corrected chi connectivity index (χ4v) is 3.30. The number of aromatic amines is 1. The molecule has 1 unspecified atom stereocenters. The van der Waals surface area contributed by atoms with Crippen molar-refractivity contribution in [1.29, 1.82) is 0 Å². The summed E-state index contributed by atoms with van der Waals surface area (Å²) in [6.45, 7) is 2.37. The molecule has 0 radical (unpaired) electrons. The molecule has 1 aromatic carbocycles. The van der Waals surface area contributed by atoms with Gasteiger partial charge in [0.05, 0.1) is 29.2 Å². The number of carbonyl (C=O) groups excluding carboxylic acids is 1. The van der Waals surface area contributed by atoms with E-state index in [1.54, 1.807) is 19.1 Å². The van der Waals surface area contributed by atoms with E-state index >= 15 is 0 Å². The average Bonchev–Trinajstić information content (AvgIpc) is 3.22. The van der Waals surface area contributed by atoms with E-state index in [1.165, 1.54) is 17.2 Å². The Kier molecular flexibility index (Phi) is 4.27. The van der Waals surface area contributed by atoms with Gasteiger partial charge in [-0.3, -0.25) is 9.78 Å². The SMILES string of the molecule is Cc1ccc(Nc2c(C(=O)N3CCC(O)C3)[nH]c3c(F)cncc23)c(F)c1. The van der Waals surface area contributed by atoms with Crippen LogP contribution in [-0.4, -0.2) is 45.1 Å². The van der Waals surface area contributed by atoms with E-state index in [0.717, 1.165) is 11.8 Å². The number of amides is 1. The number of likely N-dealkylation sites (tertiary alicyclic amines) is 1. The molecule has 1 aliphatic heterocycles. The summed E-state index contributed by atoms with van der Waals surface area (Å²) < 4.78 is 28.5. The highest BCUT2D eigenvalue weighted by Crippen LogP contribution is 2.33. The number of halogens is 2. The molecular weight excluding hydrogens is 354 g/mol. The number of benzene rings is 1. The van der Waals surface area contributed by atoms with Crippen LogP contribution in [0.2, 0.25) is 0 Å². The zero-order chi connectivity index (χ0) is 19.1. The van der Waals surface area contributed by atoms with E-state index in [4.69, 9.17) is 0 Å². The highest BCUT2D eigenvalue weighted by molar-refractivity contribution is 6.09. The first-order valence-electron chi connectivity index (χ1n) is 8.59. The largest absolute Gasteiger partial charge is 0.391 e. The molecule has 8 heteroatoms. The fourth-order valence-electron chi connectivity index (χ4n) is 3.30. The molecular formula is C19H18F2N4O2. The number of pyridine rings is 1. The molecule has 0 bridgehead atoms. The molecule has 3 N–H and O–H groups in total. The number of aliphatic hydroxyl groups is 1. The number of nitrogens with one attached hydrogen (secondary N) is 2. The van der Waals surface area contributed by atoms with Crippen molar-refractivity contribution in [1.82, 2.24) is 14.9 Å². The number of β-amino-alcohol motifs (C(OH)–C–C–N with tert-alkyl or cyclic N) is 1. The lowest BCUT2D eigenvalue weighted by molar-refractivity contribution is 0.0761. The Morgan fingerprint density at radius 2 is 2.15 bits per heavy atom. The number of hydrogen-bond donors (Lipinski definition) is 3. The predicted molar refractivity (Wildman–Crippen MR) is 97.0 cm³/mol. The number of rotatable bonds is 3. The van der Waals surface area contributed by atoms with Crippen molar-refractivity contribution in [3.63, 3.8) is 0 Å². The summed E-state index contributed by atoms with van der Waals surface area (Å²) in [6, 6.07) is 4.66. The maximum absolute atomic E-state index is 14.3. The lowest BCUT2D eigenvalue weighted by atomic mass is 10.2. The lowest BCUT2D eigenvalue weighted by Crippen LogP contribution is -2.30. The second-order valence-corrected chi connectivity index (χ2v) is 6.72. The highest BCUT2D eigenvalue weighted by atomic mass is 19.1. The monoisotopic (exact) mass is 372 g/mol. The highest BCUT2D eigenvalue weighted by Gasteiger charge is 2.29. The van der Waals surface area contributed by atoms with Gasteiger partial charge in [-0.25, -0.2) is 8.78 Å². The predicted octanol–water partition coefficient (Wildman–Crippen LogP) is 3.10. The molecule has 1 saturated heterocycles. The van der Waals surface area contributed by atoms with Crippen LogP contribution in [0.3, 0.4) is 0 Å². The normalized spacial score (nSPS) is 16.9. The van der Waals surface area contributed by atoms with Crippen molar-refractivity contribution in [2.24, 2.45) is 0 Å². The maximum atomic E-state index is 14.3. The zero-order valence-corrected chi connectivity index (χ0v) is 14.6. The Balaban J connectivity index is 1.82. The van der Waals surface area contributed by atoms with Crippen LogP contribution in [0.25, 0.3) is 10.9 Å². The van der Waals surface area contributed by atoms with Crippen LogP contribution in [-0.2, 0) is 0 Å². The van der Waals surface area contributed by atoms with E-state index in [2.05, 4.69) is 15.3 Å². The summed E-state index contributed by atoms with van der Waals surface area (Å²) in [5, 5.41) is 13.0. The fraction of sp³-hybridized carbons (Fsp3) is 0.263. The lowest BCUT2D eigenvalue weighted by Gasteiger charge is -2.16. The minimum absolute atomic E-state index is 0.103. The summed E-state index contributed by atoms with van der Waals surface area (Å²) in [4.78, 5) is 21.1. The van der Waals surface area contributed by atoms with Crippen LogP contribution in [0.4, 0.5) is 20.2 Å². The molecule has 3 heterocycles. The number of fused-ring (bicyclic) bond motifs is 1. The number of aliphatic hydroxyl groups excluding tert-OH is 1. The minimum Gasteiger partial charge on any atom is -0.391 e. The zero-order valence-electron chi connectivity index (χ0n) is 14.6. The van der Waals surface area contributed by atoms with Crippen LogP contribution >= 0.6 is 0 Å². The molecule has 0 aliphatic carbocycles. The molecule has 140 valence electrons. The third-order valence-corrected chi connectivity index (χ3v) is 4.72. The van der Waals surface area contributed by atoms with Gasteiger partial charge in [0.1, 0.15) is 11.5 Å². The van der Waals surface area contributed by atoms with Crippen LogP contribution in [0.15, 0.2) is 30.6 Å². The summed E-state index contributed by atoms with van der Waals surface area (Å²) in [5.41, 5.74) is 1.40. The first-order valence-corrected chi connectivity index (χ1v) is 8.59. The van der Waals surface area contributed by atoms with Crippen molar-refractivity contribution in [3.8, 4) is 0 Å². The second-order valence-electron chi connectivity index (χ2n) is 6.72. The maximum Gasteiger partial charge on any atom is 0.272 e. The number of anilines is 2. The van der Waals surface area contributed by atoms with Gasteiger partial charge < -0.3 is 20.3 Å². The summed E-state index contributed by atoms with van der Waals surface area (Å²) in [7, 11) is 0. The molecule has 4 rings (SSSR count). The summed E-state index contributed by atoms with van der Waals surface area (Å²) >= 11 is 0. The molecule has 0 spiro atoms. The molecule has 1 aliphatic rings. The minimum atomic E-state index is -0.611. The third kappa shape index (κ3) is 3.12. The van der Waals surface area contributed by atoms with Crippen LogP contribution < -0.4 is 5.32 Å². The smallest absolute Gasteiger partial charge is 0.272 e. The van der Waals surface area contributed by atoms with Crippen molar-refractivity contribution in [2.75, 3.05) is 18.4 Å². The Morgan fingerprint density at radius 3 is 2.85 bits per heavy atom. The van der Waals surface area contributed by atoms with Crippen molar-refractivity contribution in [2.45, 2.75) is 19.4 Å². The average molecular weight is 372 g/mol.